The third kappa shape index (κ3) is 3.44. The van der Waals surface area contributed by atoms with Crippen LogP contribution in [0.2, 0.25) is 0 Å². The largest absolute Gasteiger partial charge is 0.395 e. The van der Waals surface area contributed by atoms with Gasteiger partial charge in [-0.15, -0.1) is 23.5 Å². The van der Waals surface area contributed by atoms with Gasteiger partial charge in [-0.3, -0.25) is 0 Å². The van der Waals surface area contributed by atoms with Crippen molar-refractivity contribution in [2.24, 2.45) is 0 Å². The average Bonchev–Trinajstić information content (AvgIpc) is 2.76. The van der Waals surface area contributed by atoms with E-state index in [1.165, 1.54) is 18.4 Å². The van der Waals surface area contributed by atoms with E-state index in [0.29, 0.717) is 16.4 Å². The van der Waals surface area contributed by atoms with Crippen LogP contribution < -0.4 is 0 Å². The summed E-state index contributed by atoms with van der Waals surface area (Å²) in [5, 5.41) is 9.52. The predicted molar refractivity (Wildman–Crippen MR) is 69.2 cm³/mol. The number of aliphatic hydroxyl groups excluding tert-OH is 1. The summed E-state index contributed by atoms with van der Waals surface area (Å²) < 4.78 is 0.683. The lowest BCUT2D eigenvalue weighted by Gasteiger charge is -2.09. The fourth-order valence-electron chi connectivity index (χ4n) is 1.69. The molecular weight excluding hydrogens is 224 g/mol. The van der Waals surface area contributed by atoms with Gasteiger partial charge in [0.05, 0.1) is 11.2 Å². The zero-order valence-electron chi connectivity index (χ0n) is 8.63. The number of benzene rings is 1. The summed E-state index contributed by atoms with van der Waals surface area (Å²) in [6.45, 7) is 0.340. The van der Waals surface area contributed by atoms with Crippen molar-refractivity contribution in [3.8, 4) is 0 Å². The van der Waals surface area contributed by atoms with Gasteiger partial charge in [0.2, 0.25) is 0 Å². The van der Waals surface area contributed by atoms with Crippen LogP contribution in [-0.4, -0.2) is 21.5 Å². The Morgan fingerprint density at radius 2 is 2.07 bits per heavy atom. The second-order valence-electron chi connectivity index (χ2n) is 3.74. The first kappa shape index (κ1) is 11.4. The number of hydrogen-bond donors (Lipinski definition) is 1. The molecule has 1 fully saturated rings. The van der Waals surface area contributed by atoms with Gasteiger partial charge < -0.3 is 5.11 Å². The highest BCUT2D eigenvalue weighted by molar-refractivity contribution is 8.17. The van der Waals surface area contributed by atoms with Gasteiger partial charge >= 0.3 is 0 Å². The van der Waals surface area contributed by atoms with Crippen molar-refractivity contribution in [1.29, 1.82) is 0 Å². The van der Waals surface area contributed by atoms with Crippen molar-refractivity contribution < 1.29 is 5.11 Å². The van der Waals surface area contributed by atoms with E-state index in [0.717, 1.165) is 5.75 Å². The summed E-state index contributed by atoms with van der Waals surface area (Å²) in [4.78, 5) is 0. The van der Waals surface area contributed by atoms with Crippen molar-refractivity contribution in [2.45, 2.75) is 28.4 Å². The van der Waals surface area contributed by atoms with Crippen LogP contribution in [0.1, 0.15) is 18.4 Å². The minimum atomic E-state index is 0.340. The maximum Gasteiger partial charge on any atom is 0.0550 e. The lowest BCUT2D eigenvalue weighted by atomic mass is 10.2. The Bertz CT molecular complexity index is 289. The smallest absolute Gasteiger partial charge is 0.0550 e. The molecule has 2 rings (SSSR count). The summed E-state index contributed by atoms with van der Waals surface area (Å²) >= 11 is 3.95. The van der Waals surface area contributed by atoms with E-state index in [1.807, 2.05) is 23.5 Å². The topological polar surface area (TPSA) is 20.2 Å². The molecule has 3 heteroatoms. The summed E-state index contributed by atoms with van der Waals surface area (Å²) in [5.41, 5.74) is 1.40. The molecule has 0 bridgehead atoms. The number of thioether (sulfide) groups is 2. The minimum absolute atomic E-state index is 0.340. The Balaban J connectivity index is 1.75. The summed E-state index contributed by atoms with van der Waals surface area (Å²) in [6.07, 6.45) is 2.42. The molecule has 1 saturated heterocycles. The molecule has 0 saturated carbocycles. The van der Waals surface area contributed by atoms with Gasteiger partial charge in [-0.1, -0.05) is 30.3 Å². The highest BCUT2D eigenvalue weighted by Gasteiger charge is 2.24. The van der Waals surface area contributed by atoms with Crippen molar-refractivity contribution in [1.82, 2.24) is 0 Å². The van der Waals surface area contributed by atoms with Crippen LogP contribution in [0.25, 0.3) is 0 Å². The molecule has 0 amide bonds. The van der Waals surface area contributed by atoms with Crippen molar-refractivity contribution in [3.05, 3.63) is 35.9 Å². The molecule has 1 aromatic carbocycles. The highest BCUT2D eigenvalue weighted by atomic mass is 32.2. The van der Waals surface area contributed by atoms with Crippen molar-refractivity contribution in [2.75, 3.05) is 6.61 Å². The van der Waals surface area contributed by atoms with Gasteiger partial charge in [0.25, 0.3) is 0 Å². The molecule has 1 heterocycles. The van der Waals surface area contributed by atoms with E-state index < -0.39 is 0 Å². The Labute approximate surface area is 99.7 Å². The fourth-order valence-corrected chi connectivity index (χ4v) is 4.62. The predicted octanol–water partition coefficient (Wildman–Crippen LogP) is 3.13. The Kier molecular flexibility index (Phi) is 4.42. The van der Waals surface area contributed by atoms with Gasteiger partial charge in [-0.25, -0.2) is 0 Å². The van der Waals surface area contributed by atoms with Gasteiger partial charge in [-0.2, -0.15) is 0 Å². The molecule has 0 aromatic heterocycles. The number of rotatable bonds is 4. The third-order valence-corrected chi connectivity index (χ3v) is 5.71. The van der Waals surface area contributed by atoms with Gasteiger partial charge in [0.15, 0.2) is 0 Å². The van der Waals surface area contributed by atoms with Crippen LogP contribution in [0.4, 0.5) is 0 Å². The zero-order chi connectivity index (χ0) is 10.5. The van der Waals surface area contributed by atoms with Gasteiger partial charge in [-0.05, 0) is 18.4 Å². The van der Waals surface area contributed by atoms with E-state index in [-0.39, 0.29) is 0 Å². The molecule has 0 radical (unpaired) electrons. The molecule has 1 N–H and O–H groups in total. The summed E-state index contributed by atoms with van der Waals surface area (Å²) in [5.74, 6) is 1.09. The Morgan fingerprint density at radius 3 is 2.73 bits per heavy atom. The second-order valence-corrected chi connectivity index (χ2v) is 6.74. The Hall–Kier alpha value is -0.120. The lowest BCUT2D eigenvalue weighted by molar-refractivity contribution is 0.293. The molecule has 1 aromatic rings. The molecule has 2 unspecified atom stereocenters. The first-order chi connectivity index (χ1) is 7.38. The average molecular weight is 240 g/mol. The molecule has 2 atom stereocenters. The quantitative estimate of drug-likeness (QED) is 0.873. The molecule has 82 valence electrons. The highest BCUT2D eigenvalue weighted by Crippen LogP contribution is 2.41. The van der Waals surface area contributed by atoms with Crippen LogP contribution in [-0.2, 0) is 5.75 Å². The number of hydrogen-bond acceptors (Lipinski definition) is 3. The van der Waals surface area contributed by atoms with Gasteiger partial charge in [0.1, 0.15) is 0 Å². The van der Waals surface area contributed by atoms with Crippen LogP contribution >= 0.6 is 23.5 Å². The van der Waals surface area contributed by atoms with E-state index in [9.17, 15) is 0 Å². The SMILES string of the molecule is OCC1CCC(SCc2ccccc2)S1. The molecule has 1 nitrogen and oxygen atoms in total. The summed E-state index contributed by atoms with van der Waals surface area (Å²) in [7, 11) is 0. The minimum Gasteiger partial charge on any atom is -0.395 e. The lowest BCUT2D eigenvalue weighted by Crippen LogP contribution is -2.01. The number of aliphatic hydroxyl groups is 1. The van der Waals surface area contributed by atoms with Crippen molar-refractivity contribution in [3.63, 3.8) is 0 Å². The molecule has 15 heavy (non-hydrogen) atoms. The second kappa shape index (κ2) is 5.83. The maximum atomic E-state index is 9.04. The van der Waals surface area contributed by atoms with Crippen molar-refractivity contribution >= 4 is 23.5 Å². The van der Waals surface area contributed by atoms with E-state index in [1.54, 1.807) is 0 Å². The van der Waals surface area contributed by atoms with Crippen LogP contribution in [0.15, 0.2) is 30.3 Å². The third-order valence-electron chi connectivity index (χ3n) is 2.55. The fraction of sp³-hybridized carbons (Fsp3) is 0.500. The molecular formula is C12H16OS2. The normalized spacial score (nSPS) is 25.7. The molecule has 0 spiro atoms. The van der Waals surface area contributed by atoms with E-state index in [4.69, 9.17) is 5.11 Å². The summed E-state index contributed by atoms with van der Waals surface area (Å²) in [6, 6.07) is 10.6. The monoisotopic (exact) mass is 240 g/mol. The molecule has 0 aliphatic carbocycles. The molecule has 1 aliphatic rings. The first-order valence-corrected chi connectivity index (χ1v) is 7.29. The first-order valence-electron chi connectivity index (χ1n) is 5.30. The van der Waals surface area contributed by atoms with Gasteiger partial charge in [0, 0.05) is 11.0 Å². The zero-order valence-corrected chi connectivity index (χ0v) is 10.3. The Morgan fingerprint density at radius 1 is 1.27 bits per heavy atom. The van der Waals surface area contributed by atoms with Crippen LogP contribution in [0.3, 0.4) is 0 Å². The maximum absolute atomic E-state index is 9.04. The van der Waals surface area contributed by atoms with E-state index in [2.05, 4.69) is 30.3 Å². The van der Waals surface area contributed by atoms with Crippen LogP contribution in [0.5, 0.6) is 0 Å². The van der Waals surface area contributed by atoms with Crippen LogP contribution in [0, 0.1) is 0 Å². The standard InChI is InChI=1S/C12H16OS2/c13-8-11-6-7-12(15-11)14-9-10-4-2-1-3-5-10/h1-5,11-13H,6-9H2. The van der Waals surface area contributed by atoms with E-state index >= 15 is 0 Å². The molecule has 1 aliphatic heterocycles.